The molecule has 23 heavy (non-hydrogen) atoms. The Bertz CT molecular complexity index is 427. The van der Waals surface area contributed by atoms with E-state index in [1.165, 1.54) is 18.3 Å². The van der Waals surface area contributed by atoms with Crippen molar-refractivity contribution in [1.82, 2.24) is 0 Å². The van der Waals surface area contributed by atoms with Gasteiger partial charge in [0, 0.05) is 6.42 Å². The molecule has 0 rings (SSSR count). The molecule has 0 N–H and O–H groups in total. The van der Waals surface area contributed by atoms with Crippen LogP contribution in [0.15, 0.2) is 36.0 Å². The van der Waals surface area contributed by atoms with E-state index >= 15 is 0 Å². The third kappa shape index (κ3) is 11.0. The number of carbonyl (C=O) groups excluding carboxylic acids is 1. The van der Waals surface area contributed by atoms with E-state index in [9.17, 15) is 4.79 Å². The Kier molecular flexibility index (Phi) is 10.6. The third-order valence-corrected chi connectivity index (χ3v) is 4.35. The molecular weight excluding hydrogens is 284 g/mol. The summed E-state index contributed by atoms with van der Waals surface area (Å²) in [5.74, 6) is 0.187. The monoisotopic (exact) mass is 320 g/mol. The van der Waals surface area contributed by atoms with Gasteiger partial charge in [-0.05, 0) is 64.2 Å². The van der Waals surface area contributed by atoms with Crippen molar-refractivity contribution in [3.63, 3.8) is 0 Å². The fourth-order valence-electron chi connectivity index (χ4n) is 2.86. The summed E-state index contributed by atoms with van der Waals surface area (Å²) in [6.07, 6.45) is 12.5. The lowest BCUT2D eigenvalue weighted by molar-refractivity contribution is -0.141. The van der Waals surface area contributed by atoms with Crippen molar-refractivity contribution in [2.24, 2.45) is 11.3 Å². The molecule has 0 aliphatic carbocycles. The number of carbonyl (C=O) groups is 1. The summed E-state index contributed by atoms with van der Waals surface area (Å²) in [6.45, 7) is 14.9. The normalized spacial score (nSPS) is 15.5. The van der Waals surface area contributed by atoms with Gasteiger partial charge in [-0.2, -0.15) is 0 Å². The third-order valence-electron chi connectivity index (χ3n) is 4.35. The van der Waals surface area contributed by atoms with Gasteiger partial charge in [0.05, 0.1) is 7.11 Å². The summed E-state index contributed by atoms with van der Waals surface area (Å²) in [6, 6.07) is 0. The maximum absolute atomic E-state index is 11.4. The summed E-state index contributed by atoms with van der Waals surface area (Å²) in [7, 11) is 1.45. The van der Waals surface area contributed by atoms with Crippen LogP contribution in [0.2, 0.25) is 0 Å². The zero-order valence-electron chi connectivity index (χ0n) is 16.1. The average Bonchev–Trinajstić information content (AvgIpc) is 2.46. The van der Waals surface area contributed by atoms with Crippen molar-refractivity contribution >= 4 is 5.97 Å². The highest BCUT2D eigenvalue weighted by atomic mass is 16.5. The number of methoxy groups -OCH3 is 1. The fourth-order valence-corrected chi connectivity index (χ4v) is 2.86. The molecule has 0 spiro atoms. The predicted molar refractivity (Wildman–Crippen MR) is 100 cm³/mol. The smallest absolute Gasteiger partial charge is 0.305 e. The van der Waals surface area contributed by atoms with Crippen molar-refractivity contribution < 1.29 is 9.53 Å². The van der Waals surface area contributed by atoms with Gasteiger partial charge in [-0.25, -0.2) is 0 Å². The summed E-state index contributed by atoms with van der Waals surface area (Å²) >= 11 is 0. The Morgan fingerprint density at radius 1 is 1.22 bits per heavy atom. The molecule has 0 fully saturated rings. The van der Waals surface area contributed by atoms with Crippen LogP contribution in [0.5, 0.6) is 0 Å². The molecule has 0 saturated carbocycles. The van der Waals surface area contributed by atoms with E-state index in [4.69, 9.17) is 4.74 Å². The van der Waals surface area contributed by atoms with Crippen LogP contribution in [-0.2, 0) is 9.53 Å². The molecule has 2 heteroatoms. The molecule has 2 nitrogen and oxygen atoms in total. The topological polar surface area (TPSA) is 26.3 Å². The molecule has 2 atom stereocenters. The lowest BCUT2D eigenvalue weighted by Crippen LogP contribution is -2.19. The summed E-state index contributed by atoms with van der Waals surface area (Å²) in [4.78, 5) is 11.4. The minimum absolute atomic E-state index is 0.0735. The highest BCUT2D eigenvalue weighted by Gasteiger charge is 2.23. The molecule has 0 saturated heterocycles. The van der Waals surface area contributed by atoms with Gasteiger partial charge < -0.3 is 4.74 Å². The first kappa shape index (κ1) is 21.7. The van der Waals surface area contributed by atoms with Gasteiger partial charge in [-0.3, -0.25) is 4.79 Å². The molecular formula is C21H36O2. The summed E-state index contributed by atoms with van der Waals surface area (Å²) in [5, 5.41) is 0. The van der Waals surface area contributed by atoms with Crippen LogP contribution in [0.3, 0.4) is 0 Å². The number of ether oxygens (including phenoxy) is 1. The Morgan fingerprint density at radius 3 is 2.39 bits per heavy atom. The SMILES string of the molecule is C=CC(C)(CC/C=C(\C)CCC=C(C)C)CC(C)CC(=O)OC. The predicted octanol–water partition coefficient (Wildman–Crippen LogP) is 6.24. The minimum atomic E-state index is -0.126. The average molecular weight is 321 g/mol. The number of hydrogen-bond acceptors (Lipinski definition) is 2. The first-order valence-corrected chi connectivity index (χ1v) is 8.72. The highest BCUT2D eigenvalue weighted by molar-refractivity contribution is 5.69. The van der Waals surface area contributed by atoms with Crippen LogP contribution in [0, 0.1) is 11.3 Å². The number of allylic oxidation sites excluding steroid dienone is 5. The largest absolute Gasteiger partial charge is 0.469 e. The lowest BCUT2D eigenvalue weighted by atomic mass is 9.77. The van der Waals surface area contributed by atoms with Crippen LogP contribution in [0.4, 0.5) is 0 Å². The van der Waals surface area contributed by atoms with E-state index in [0.717, 1.165) is 32.1 Å². The molecule has 0 aromatic carbocycles. The summed E-state index contributed by atoms with van der Waals surface area (Å²) < 4.78 is 4.76. The Hall–Kier alpha value is -1.31. The van der Waals surface area contributed by atoms with Gasteiger partial charge in [0.15, 0.2) is 0 Å². The Balaban J connectivity index is 4.37. The molecule has 0 heterocycles. The van der Waals surface area contributed by atoms with Gasteiger partial charge >= 0.3 is 5.97 Å². The van der Waals surface area contributed by atoms with Crippen LogP contribution in [-0.4, -0.2) is 13.1 Å². The van der Waals surface area contributed by atoms with Crippen LogP contribution in [0.25, 0.3) is 0 Å². The summed E-state index contributed by atoms with van der Waals surface area (Å²) in [5.41, 5.74) is 2.91. The minimum Gasteiger partial charge on any atom is -0.469 e. The molecule has 0 radical (unpaired) electrons. The quantitative estimate of drug-likeness (QED) is 0.332. The van der Waals surface area contributed by atoms with Gasteiger partial charge in [-0.1, -0.05) is 43.2 Å². The lowest BCUT2D eigenvalue weighted by Gasteiger charge is -2.28. The van der Waals surface area contributed by atoms with E-state index in [2.05, 4.69) is 53.3 Å². The van der Waals surface area contributed by atoms with Crippen molar-refractivity contribution in [3.05, 3.63) is 36.0 Å². The molecule has 0 aliphatic heterocycles. The van der Waals surface area contributed by atoms with E-state index in [1.54, 1.807) is 0 Å². The van der Waals surface area contributed by atoms with Gasteiger partial charge in [-0.15, -0.1) is 6.58 Å². The maximum Gasteiger partial charge on any atom is 0.305 e. The highest BCUT2D eigenvalue weighted by Crippen LogP contribution is 2.34. The maximum atomic E-state index is 11.4. The van der Waals surface area contributed by atoms with Crippen LogP contribution < -0.4 is 0 Å². The van der Waals surface area contributed by atoms with E-state index in [1.807, 2.05) is 6.08 Å². The fraction of sp³-hybridized carbons (Fsp3) is 0.667. The van der Waals surface area contributed by atoms with Crippen LogP contribution in [0.1, 0.15) is 73.1 Å². The molecule has 0 bridgehead atoms. The first-order valence-electron chi connectivity index (χ1n) is 8.72. The number of rotatable bonds is 11. The molecule has 0 aromatic rings. The Morgan fingerprint density at radius 2 is 1.87 bits per heavy atom. The second-order valence-electron chi connectivity index (χ2n) is 7.36. The standard InChI is InChI=1S/C21H36O2/c1-8-21(6,16-19(5)15-20(22)23-7)14-10-13-18(4)12-9-11-17(2)3/h8,11,13,19H,1,9-10,12,14-16H2,2-7H3/b18-13+. The Labute approximate surface area is 143 Å². The molecule has 132 valence electrons. The molecule has 0 amide bonds. The first-order chi connectivity index (χ1) is 10.7. The zero-order valence-corrected chi connectivity index (χ0v) is 16.1. The van der Waals surface area contributed by atoms with Crippen LogP contribution >= 0.6 is 0 Å². The van der Waals surface area contributed by atoms with E-state index < -0.39 is 0 Å². The van der Waals surface area contributed by atoms with Gasteiger partial charge in [0.2, 0.25) is 0 Å². The molecule has 0 aromatic heterocycles. The zero-order chi connectivity index (χ0) is 17.9. The van der Waals surface area contributed by atoms with E-state index in [0.29, 0.717) is 12.3 Å². The van der Waals surface area contributed by atoms with Gasteiger partial charge in [0.1, 0.15) is 0 Å². The van der Waals surface area contributed by atoms with Gasteiger partial charge in [0.25, 0.3) is 0 Å². The number of esters is 1. The molecule has 0 aliphatic rings. The second kappa shape index (κ2) is 11.3. The van der Waals surface area contributed by atoms with Crippen molar-refractivity contribution in [3.8, 4) is 0 Å². The van der Waals surface area contributed by atoms with Crippen molar-refractivity contribution in [2.75, 3.05) is 7.11 Å². The van der Waals surface area contributed by atoms with Crippen molar-refractivity contribution in [1.29, 1.82) is 0 Å². The van der Waals surface area contributed by atoms with E-state index in [-0.39, 0.29) is 11.4 Å². The molecule has 2 unspecified atom stereocenters. The van der Waals surface area contributed by atoms with Crippen molar-refractivity contribution in [2.45, 2.75) is 73.1 Å². The number of hydrogen-bond donors (Lipinski definition) is 0. The second-order valence-corrected chi connectivity index (χ2v) is 7.36.